The van der Waals surface area contributed by atoms with E-state index in [0.29, 0.717) is 17.2 Å². The van der Waals surface area contributed by atoms with Gasteiger partial charge in [-0.25, -0.2) is 15.0 Å². The molecule has 3 aromatic rings. The molecule has 3 N–H and O–H groups in total. The number of pyridine rings is 1. The van der Waals surface area contributed by atoms with Gasteiger partial charge < -0.3 is 15.6 Å². The molecule has 1 atom stereocenters. The molecule has 1 amide bonds. The minimum absolute atomic E-state index is 0.364. The molecule has 0 radical (unpaired) electrons. The van der Waals surface area contributed by atoms with Crippen molar-refractivity contribution in [3.05, 3.63) is 36.9 Å². The molecule has 136 valence electrons. The molecule has 0 saturated carbocycles. The highest BCUT2D eigenvalue weighted by Crippen LogP contribution is 2.26. The Morgan fingerprint density at radius 2 is 2.15 bits per heavy atom. The summed E-state index contributed by atoms with van der Waals surface area (Å²) in [5.41, 5.74) is 2.05. The van der Waals surface area contributed by atoms with Crippen LogP contribution in [0.15, 0.2) is 36.9 Å². The van der Waals surface area contributed by atoms with Crippen molar-refractivity contribution in [3.8, 4) is 11.3 Å². The number of alkyl halides is 3. The smallest absolute Gasteiger partial charge is 0.359 e. The van der Waals surface area contributed by atoms with Crippen molar-refractivity contribution in [2.45, 2.75) is 19.1 Å². The van der Waals surface area contributed by atoms with Crippen LogP contribution in [-0.2, 0) is 4.79 Å². The van der Waals surface area contributed by atoms with Gasteiger partial charge in [0.1, 0.15) is 30.4 Å². The monoisotopic (exact) mass is 364 g/mol. The summed E-state index contributed by atoms with van der Waals surface area (Å²) in [6, 6.07) is 4.25. The molecule has 0 aliphatic carbocycles. The van der Waals surface area contributed by atoms with Gasteiger partial charge in [0, 0.05) is 23.3 Å². The standard InChI is InChI=1S/C16H15F3N6O/c1-9(15(26)22-7-16(17,18)19)24-13-4-2-3-12(25-13)10-6-21-14-11(10)5-20-8-23-14/h2-6,8-9H,7H2,1H3,(H,22,26)(H,24,25)(H,20,21,23)/t9-/m0/s1. The third-order valence-corrected chi connectivity index (χ3v) is 3.60. The van der Waals surface area contributed by atoms with Crippen molar-refractivity contribution in [2.24, 2.45) is 0 Å². The van der Waals surface area contributed by atoms with Gasteiger partial charge in [0.2, 0.25) is 5.91 Å². The van der Waals surface area contributed by atoms with Gasteiger partial charge in [-0.3, -0.25) is 4.79 Å². The van der Waals surface area contributed by atoms with Crippen molar-refractivity contribution in [3.63, 3.8) is 0 Å². The van der Waals surface area contributed by atoms with Gasteiger partial charge in [0.15, 0.2) is 0 Å². The number of nitrogens with one attached hydrogen (secondary N) is 3. The Morgan fingerprint density at radius 3 is 2.92 bits per heavy atom. The summed E-state index contributed by atoms with van der Waals surface area (Å²) >= 11 is 0. The van der Waals surface area contributed by atoms with Crippen LogP contribution in [0.1, 0.15) is 6.92 Å². The van der Waals surface area contributed by atoms with E-state index in [4.69, 9.17) is 0 Å². The summed E-state index contributed by atoms with van der Waals surface area (Å²) < 4.78 is 36.6. The fraction of sp³-hybridized carbons (Fsp3) is 0.250. The van der Waals surface area contributed by atoms with E-state index in [1.54, 1.807) is 30.6 Å². The maximum absolute atomic E-state index is 12.2. The first kappa shape index (κ1) is 17.6. The van der Waals surface area contributed by atoms with Gasteiger partial charge in [0.05, 0.1) is 5.69 Å². The largest absolute Gasteiger partial charge is 0.405 e. The number of halogens is 3. The van der Waals surface area contributed by atoms with Gasteiger partial charge in [-0.1, -0.05) is 6.07 Å². The Hall–Kier alpha value is -3.17. The molecule has 0 aromatic carbocycles. The van der Waals surface area contributed by atoms with E-state index in [0.717, 1.165) is 10.9 Å². The van der Waals surface area contributed by atoms with Crippen molar-refractivity contribution in [1.82, 2.24) is 25.3 Å². The molecule has 7 nitrogen and oxygen atoms in total. The number of fused-ring (bicyclic) bond motifs is 1. The van der Waals surface area contributed by atoms with Crippen LogP contribution in [0.3, 0.4) is 0 Å². The molecule has 0 aliphatic rings. The van der Waals surface area contributed by atoms with Crippen molar-refractivity contribution in [2.75, 3.05) is 11.9 Å². The van der Waals surface area contributed by atoms with Gasteiger partial charge >= 0.3 is 6.18 Å². The van der Waals surface area contributed by atoms with Crippen molar-refractivity contribution >= 4 is 22.8 Å². The first-order chi connectivity index (χ1) is 12.3. The zero-order chi connectivity index (χ0) is 18.7. The highest BCUT2D eigenvalue weighted by atomic mass is 19.4. The summed E-state index contributed by atoms with van der Waals surface area (Å²) in [6.45, 7) is 0.0836. The van der Waals surface area contributed by atoms with E-state index in [-0.39, 0.29) is 0 Å². The molecule has 3 heterocycles. The number of aromatic amines is 1. The van der Waals surface area contributed by atoms with Gasteiger partial charge in [-0.05, 0) is 19.1 Å². The van der Waals surface area contributed by atoms with Crippen molar-refractivity contribution < 1.29 is 18.0 Å². The van der Waals surface area contributed by atoms with Crippen LogP contribution in [0.4, 0.5) is 19.0 Å². The Balaban J connectivity index is 1.74. The number of hydrogen-bond donors (Lipinski definition) is 3. The molecule has 0 aliphatic heterocycles. The fourth-order valence-electron chi connectivity index (χ4n) is 2.36. The Labute approximate surface area is 146 Å². The fourth-order valence-corrected chi connectivity index (χ4v) is 2.36. The zero-order valence-corrected chi connectivity index (χ0v) is 13.6. The lowest BCUT2D eigenvalue weighted by molar-refractivity contribution is -0.138. The molecule has 3 aromatic heterocycles. The van der Waals surface area contributed by atoms with Crippen LogP contribution in [0.2, 0.25) is 0 Å². The first-order valence-electron chi connectivity index (χ1n) is 7.69. The number of amides is 1. The molecule has 26 heavy (non-hydrogen) atoms. The quantitative estimate of drug-likeness (QED) is 0.647. The van der Waals surface area contributed by atoms with Crippen LogP contribution in [0, 0.1) is 0 Å². The molecule has 10 heteroatoms. The average Bonchev–Trinajstić information content (AvgIpc) is 3.03. The van der Waals surface area contributed by atoms with Crippen molar-refractivity contribution in [1.29, 1.82) is 0 Å². The van der Waals surface area contributed by atoms with Gasteiger partial charge in [-0.15, -0.1) is 0 Å². The highest BCUT2D eigenvalue weighted by molar-refractivity contribution is 5.92. The van der Waals surface area contributed by atoms with Crippen LogP contribution in [0.5, 0.6) is 0 Å². The number of H-pyrrole nitrogens is 1. The second-order valence-corrected chi connectivity index (χ2v) is 5.59. The van der Waals surface area contributed by atoms with Crippen LogP contribution in [-0.4, -0.2) is 44.6 Å². The number of hydrogen-bond acceptors (Lipinski definition) is 5. The average molecular weight is 364 g/mol. The topological polar surface area (TPSA) is 95.6 Å². The number of carbonyl (C=O) groups is 1. The lowest BCUT2D eigenvalue weighted by Gasteiger charge is -2.16. The number of anilines is 1. The Morgan fingerprint density at radius 1 is 1.35 bits per heavy atom. The molecule has 0 saturated heterocycles. The highest BCUT2D eigenvalue weighted by Gasteiger charge is 2.28. The minimum Gasteiger partial charge on any atom is -0.359 e. The second-order valence-electron chi connectivity index (χ2n) is 5.59. The first-order valence-corrected chi connectivity index (χ1v) is 7.69. The zero-order valence-electron chi connectivity index (χ0n) is 13.6. The third kappa shape index (κ3) is 4.08. The lowest BCUT2D eigenvalue weighted by Crippen LogP contribution is -2.42. The van der Waals surface area contributed by atoms with E-state index in [9.17, 15) is 18.0 Å². The van der Waals surface area contributed by atoms with Crippen LogP contribution < -0.4 is 10.6 Å². The van der Waals surface area contributed by atoms with E-state index in [1.165, 1.54) is 13.3 Å². The minimum atomic E-state index is -4.45. The lowest BCUT2D eigenvalue weighted by atomic mass is 10.1. The molecular weight excluding hydrogens is 349 g/mol. The van der Waals surface area contributed by atoms with E-state index >= 15 is 0 Å². The summed E-state index contributed by atoms with van der Waals surface area (Å²) in [7, 11) is 0. The molecule has 3 rings (SSSR count). The second kappa shape index (κ2) is 6.98. The third-order valence-electron chi connectivity index (χ3n) is 3.60. The summed E-state index contributed by atoms with van der Waals surface area (Å²) in [5, 5.41) is 5.41. The molecule has 0 bridgehead atoms. The Bertz CT molecular complexity index is 923. The summed E-state index contributed by atoms with van der Waals surface area (Å²) in [6.07, 6.45) is 0.369. The predicted octanol–water partition coefficient (Wildman–Crippen LogP) is 2.50. The van der Waals surface area contributed by atoms with E-state index in [2.05, 4.69) is 25.3 Å². The van der Waals surface area contributed by atoms with Gasteiger partial charge in [-0.2, -0.15) is 13.2 Å². The van der Waals surface area contributed by atoms with Gasteiger partial charge in [0.25, 0.3) is 0 Å². The van der Waals surface area contributed by atoms with Crippen LogP contribution >= 0.6 is 0 Å². The summed E-state index contributed by atoms with van der Waals surface area (Å²) in [4.78, 5) is 27.3. The maximum atomic E-state index is 12.2. The number of nitrogens with zero attached hydrogens (tertiary/aromatic N) is 3. The molecule has 0 spiro atoms. The molecular formula is C16H15F3N6O. The summed E-state index contributed by atoms with van der Waals surface area (Å²) in [5.74, 6) is -0.404. The normalized spacial score (nSPS) is 12.8. The SMILES string of the molecule is C[C@H](Nc1cccc(-c2c[nH]c3ncncc23)n1)C(=O)NCC(F)(F)F. The molecule has 0 unspecified atom stereocenters. The number of rotatable bonds is 5. The molecule has 0 fully saturated rings. The number of aromatic nitrogens is 4. The van der Waals surface area contributed by atoms with E-state index < -0.39 is 24.7 Å². The Kier molecular flexibility index (Phi) is 4.74. The van der Waals surface area contributed by atoms with E-state index in [1.807, 2.05) is 5.32 Å². The van der Waals surface area contributed by atoms with Crippen LogP contribution in [0.25, 0.3) is 22.3 Å². The number of carbonyl (C=O) groups excluding carboxylic acids is 1. The predicted molar refractivity (Wildman–Crippen MR) is 89.3 cm³/mol. The maximum Gasteiger partial charge on any atom is 0.405 e.